The summed E-state index contributed by atoms with van der Waals surface area (Å²) in [5.41, 5.74) is 1.00. The van der Waals surface area contributed by atoms with Gasteiger partial charge in [-0.25, -0.2) is 9.18 Å². The topological polar surface area (TPSA) is 58.2 Å². The van der Waals surface area contributed by atoms with Gasteiger partial charge in [0.1, 0.15) is 11.4 Å². The molecule has 6 heteroatoms. The van der Waals surface area contributed by atoms with E-state index < -0.39 is 11.6 Å². The lowest BCUT2D eigenvalue weighted by atomic mass is 9.65. The molecule has 1 saturated carbocycles. The number of hydrogen-bond acceptors (Lipinski definition) is 2. The van der Waals surface area contributed by atoms with E-state index in [1.54, 1.807) is 6.07 Å². The van der Waals surface area contributed by atoms with Crippen LogP contribution in [0.2, 0.25) is 0 Å². The highest BCUT2D eigenvalue weighted by Gasteiger charge is 2.54. The highest BCUT2D eigenvalue weighted by atomic mass is 79.9. The van der Waals surface area contributed by atoms with E-state index in [0.29, 0.717) is 12.8 Å². The van der Waals surface area contributed by atoms with Crippen molar-refractivity contribution in [1.29, 1.82) is 0 Å². The Morgan fingerprint density at radius 2 is 1.86 bits per heavy atom. The molecule has 22 heavy (non-hydrogen) atoms. The van der Waals surface area contributed by atoms with Crippen LogP contribution < -0.4 is 10.6 Å². The summed E-state index contributed by atoms with van der Waals surface area (Å²) >= 11 is 3.64. The van der Waals surface area contributed by atoms with Crippen molar-refractivity contribution in [2.24, 2.45) is 0 Å². The molecule has 1 aromatic rings. The first-order valence-corrected chi connectivity index (χ1v) is 8.06. The Morgan fingerprint density at radius 1 is 1.14 bits per heavy atom. The molecule has 4 rings (SSSR count). The molecule has 4 nitrogen and oxygen atoms in total. The summed E-state index contributed by atoms with van der Waals surface area (Å²) in [4.78, 5) is 23.5. The molecule has 1 aromatic carbocycles. The number of allylic oxidation sites excluding steroid dienone is 1. The average molecular weight is 365 g/mol. The normalized spacial score (nSPS) is 32.9. The van der Waals surface area contributed by atoms with E-state index in [4.69, 9.17) is 0 Å². The largest absolute Gasteiger partial charge is 0.323 e. The van der Waals surface area contributed by atoms with Crippen molar-refractivity contribution in [2.75, 3.05) is 0 Å². The molecule has 1 aliphatic heterocycles. The zero-order valence-electron chi connectivity index (χ0n) is 11.7. The summed E-state index contributed by atoms with van der Waals surface area (Å²) in [5.74, 6) is -0.480. The molecular weight excluding hydrogens is 351 g/mol. The number of hydrogen-bond donors (Lipinski definition) is 2. The van der Waals surface area contributed by atoms with E-state index in [0.717, 1.165) is 28.5 Å². The fraction of sp³-hybridized carbons (Fsp3) is 0.375. The van der Waals surface area contributed by atoms with Crippen LogP contribution in [-0.4, -0.2) is 17.5 Å². The Hall–Kier alpha value is -1.69. The molecule has 2 fully saturated rings. The maximum Gasteiger partial charge on any atom is 0.322 e. The number of rotatable bonds is 0. The number of carbonyl (C=O) groups is 2. The van der Waals surface area contributed by atoms with Gasteiger partial charge in [-0.3, -0.25) is 10.1 Å². The van der Waals surface area contributed by atoms with Crippen LogP contribution in [-0.2, 0) is 10.2 Å². The van der Waals surface area contributed by atoms with Crippen LogP contribution in [0.15, 0.2) is 22.7 Å². The predicted octanol–water partition coefficient (Wildman–Crippen LogP) is 2.97. The second-order valence-electron chi connectivity index (χ2n) is 6.30. The Balaban J connectivity index is 1.68. The SMILES string of the molecule is O=C1NC(=O)C2(CCC3(CC2)C(Br)=Cc2cc(F)ccc23)N1. The third-order valence-electron chi connectivity index (χ3n) is 5.24. The van der Waals surface area contributed by atoms with Crippen LogP contribution >= 0.6 is 15.9 Å². The first-order chi connectivity index (χ1) is 10.5. The van der Waals surface area contributed by atoms with E-state index in [2.05, 4.69) is 26.6 Å². The summed E-state index contributed by atoms with van der Waals surface area (Å²) in [5, 5.41) is 5.11. The van der Waals surface area contributed by atoms with Crippen LogP contribution in [0.5, 0.6) is 0 Å². The standard InChI is InChI=1S/C16H14BrFN2O2/c17-12-8-9-7-10(18)1-2-11(9)15(12)3-5-16(6-4-15)13(21)19-14(22)20-16/h1-2,7-8H,3-6H2,(H2,19,20,21,22). The fourth-order valence-electron chi connectivity index (χ4n) is 3.98. The predicted molar refractivity (Wildman–Crippen MR) is 82.9 cm³/mol. The molecule has 0 atom stereocenters. The molecule has 2 spiro atoms. The first kappa shape index (κ1) is 13.9. The van der Waals surface area contributed by atoms with Gasteiger partial charge >= 0.3 is 6.03 Å². The van der Waals surface area contributed by atoms with Gasteiger partial charge in [0.15, 0.2) is 0 Å². The van der Waals surface area contributed by atoms with Gasteiger partial charge in [0, 0.05) is 9.90 Å². The van der Waals surface area contributed by atoms with Gasteiger partial charge in [-0.15, -0.1) is 0 Å². The average Bonchev–Trinajstić information content (AvgIpc) is 2.88. The van der Waals surface area contributed by atoms with Gasteiger partial charge < -0.3 is 5.32 Å². The first-order valence-electron chi connectivity index (χ1n) is 7.27. The van der Waals surface area contributed by atoms with Gasteiger partial charge in [-0.2, -0.15) is 0 Å². The number of urea groups is 1. The minimum absolute atomic E-state index is 0.206. The smallest absolute Gasteiger partial charge is 0.322 e. The molecule has 2 aliphatic carbocycles. The van der Waals surface area contributed by atoms with Gasteiger partial charge in [0.25, 0.3) is 5.91 Å². The van der Waals surface area contributed by atoms with Gasteiger partial charge in [-0.05, 0) is 55.0 Å². The van der Waals surface area contributed by atoms with Crippen molar-refractivity contribution >= 4 is 33.9 Å². The van der Waals surface area contributed by atoms with Crippen molar-refractivity contribution in [3.05, 3.63) is 39.6 Å². The molecule has 3 aliphatic rings. The van der Waals surface area contributed by atoms with E-state index in [9.17, 15) is 14.0 Å². The third-order valence-corrected chi connectivity index (χ3v) is 6.23. The van der Waals surface area contributed by atoms with Crippen LogP contribution in [0, 0.1) is 5.82 Å². The third kappa shape index (κ3) is 1.73. The highest BCUT2D eigenvalue weighted by Crippen LogP contribution is 2.55. The number of halogens is 2. The van der Waals surface area contributed by atoms with Crippen LogP contribution in [0.4, 0.5) is 9.18 Å². The maximum absolute atomic E-state index is 13.4. The van der Waals surface area contributed by atoms with Crippen molar-refractivity contribution < 1.29 is 14.0 Å². The zero-order chi connectivity index (χ0) is 15.5. The van der Waals surface area contributed by atoms with Crippen LogP contribution in [0.25, 0.3) is 6.08 Å². The minimum atomic E-state index is -0.779. The van der Waals surface area contributed by atoms with Crippen molar-refractivity contribution in [3.8, 4) is 0 Å². The number of carbonyl (C=O) groups excluding carboxylic acids is 2. The Bertz CT molecular complexity index is 736. The summed E-state index contributed by atoms with van der Waals surface area (Å²) in [6.45, 7) is 0. The van der Waals surface area contributed by atoms with Crippen molar-refractivity contribution in [1.82, 2.24) is 10.6 Å². The number of amides is 3. The van der Waals surface area contributed by atoms with Crippen LogP contribution in [0.1, 0.15) is 36.8 Å². The summed E-state index contributed by atoms with van der Waals surface area (Å²) < 4.78 is 14.5. The van der Waals surface area contributed by atoms with Gasteiger partial charge in [0.2, 0.25) is 0 Å². The molecule has 1 heterocycles. The van der Waals surface area contributed by atoms with E-state index in [-0.39, 0.29) is 17.1 Å². The molecular formula is C16H14BrFN2O2. The van der Waals surface area contributed by atoms with E-state index in [1.807, 2.05) is 12.1 Å². The zero-order valence-corrected chi connectivity index (χ0v) is 13.3. The number of nitrogens with one attached hydrogen (secondary N) is 2. The lowest BCUT2D eigenvalue weighted by Gasteiger charge is -2.42. The summed E-state index contributed by atoms with van der Waals surface area (Å²) in [6, 6.07) is 4.44. The van der Waals surface area contributed by atoms with E-state index in [1.165, 1.54) is 6.07 Å². The molecule has 0 radical (unpaired) electrons. The molecule has 1 saturated heterocycles. The lowest BCUT2D eigenvalue weighted by molar-refractivity contribution is -0.125. The maximum atomic E-state index is 13.4. The Kier molecular flexibility index (Phi) is 2.79. The number of fused-ring (bicyclic) bond motifs is 2. The quantitative estimate of drug-likeness (QED) is 0.695. The number of imide groups is 1. The molecule has 0 unspecified atom stereocenters. The number of benzene rings is 1. The van der Waals surface area contributed by atoms with Gasteiger partial charge in [0.05, 0.1) is 0 Å². The van der Waals surface area contributed by atoms with Crippen LogP contribution in [0.3, 0.4) is 0 Å². The second kappa shape index (κ2) is 4.41. The highest BCUT2D eigenvalue weighted by molar-refractivity contribution is 9.11. The lowest BCUT2D eigenvalue weighted by Crippen LogP contribution is -2.52. The molecule has 3 amide bonds. The summed E-state index contributed by atoms with van der Waals surface area (Å²) in [6.07, 6.45) is 4.57. The molecule has 2 N–H and O–H groups in total. The molecule has 0 bridgehead atoms. The van der Waals surface area contributed by atoms with E-state index >= 15 is 0 Å². The monoisotopic (exact) mass is 364 g/mol. The molecule has 0 aromatic heterocycles. The van der Waals surface area contributed by atoms with Crippen molar-refractivity contribution in [3.63, 3.8) is 0 Å². The fourth-order valence-corrected chi connectivity index (χ4v) is 4.84. The van der Waals surface area contributed by atoms with Gasteiger partial charge in [-0.1, -0.05) is 22.0 Å². The Morgan fingerprint density at radius 3 is 2.50 bits per heavy atom. The minimum Gasteiger partial charge on any atom is -0.323 e. The summed E-state index contributed by atoms with van der Waals surface area (Å²) in [7, 11) is 0. The Labute approximate surface area is 135 Å². The second-order valence-corrected chi connectivity index (χ2v) is 7.15. The molecule has 114 valence electrons. The van der Waals surface area contributed by atoms with Crippen molar-refractivity contribution in [2.45, 2.75) is 36.6 Å².